The van der Waals surface area contributed by atoms with Crippen molar-refractivity contribution in [2.75, 3.05) is 13.2 Å². The Hall–Kier alpha value is -2.63. The Morgan fingerprint density at radius 1 is 1.27 bits per heavy atom. The molecule has 0 spiro atoms. The summed E-state index contributed by atoms with van der Waals surface area (Å²) in [4.78, 5) is 23.4. The summed E-state index contributed by atoms with van der Waals surface area (Å²) >= 11 is 0. The number of amides is 1. The quantitative estimate of drug-likeness (QED) is 0.786. The number of carbonyl (C=O) groups is 1. The molecule has 2 rings (SSSR count). The van der Waals surface area contributed by atoms with Gasteiger partial charge in [-0.15, -0.1) is 0 Å². The van der Waals surface area contributed by atoms with Gasteiger partial charge in [0.05, 0.1) is 6.61 Å². The van der Waals surface area contributed by atoms with E-state index in [9.17, 15) is 9.59 Å². The predicted octanol–water partition coefficient (Wildman–Crippen LogP) is 1.46. The second-order valence-electron chi connectivity index (χ2n) is 4.65. The third-order valence-electron chi connectivity index (χ3n) is 3.05. The molecule has 0 atom stereocenters. The van der Waals surface area contributed by atoms with Gasteiger partial charge in [-0.3, -0.25) is 9.59 Å². The van der Waals surface area contributed by atoms with Crippen LogP contribution in [-0.4, -0.2) is 28.8 Å². The number of ether oxygens (including phenoxy) is 1. The van der Waals surface area contributed by atoms with Crippen molar-refractivity contribution < 1.29 is 9.53 Å². The highest BCUT2D eigenvalue weighted by atomic mass is 16.5. The van der Waals surface area contributed by atoms with Gasteiger partial charge in [0.25, 0.3) is 11.5 Å². The molecule has 1 heterocycles. The fraction of sp³-hybridized carbons (Fsp3) is 0.312. The average molecular weight is 301 g/mol. The number of nitrogens with zero attached hydrogens (tertiary/aromatic N) is 2. The third-order valence-corrected chi connectivity index (χ3v) is 3.05. The molecule has 22 heavy (non-hydrogen) atoms. The number of carbonyl (C=O) groups excluding carboxylic acids is 1. The normalized spacial score (nSPS) is 10.2. The van der Waals surface area contributed by atoms with Crippen molar-refractivity contribution >= 4 is 5.91 Å². The molecule has 1 N–H and O–H groups in total. The first-order valence-corrected chi connectivity index (χ1v) is 7.24. The van der Waals surface area contributed by atoms with Gasteiger partial charge in [-0.05, 0) is 43.7 Å². The molecule has 0 radical (unpaired) electrons. The minimum Gasteiger partial charge on any atom is -0.494 e. The Bertz CT molecular complexity index is 665. The van der Waals surface area contributed by atoms with Crippen molar-refractivity contribution in [2.45, 2.75) is 19.9 Å². The van der Waals surface area contributed by atoms with E-state index in [1.807, 2.05) is 6.92 Å². The molecular formula is C16H19N3O3. The van der Waals surface area contributed by atoms with Crippen LogP contribution in [0.1, 0.15) is 23.7 Å². The molecule has 0 saturated heterocycles. The van der Waals surface area contributed by atoms with E-state index in [2.05, 4.69) is 10.4 Å². The van der Waals surface area contributed by atoms with E-state index >= 15 is 0 Å². The van der Waals surface area contributed by atoms with Crippen LogP contribution in [0.25, 0.3) is 0 Å². The van der Waals surface area contributed by atoms with E-state index in [1.54, 1.807) is 36.5 Å². The number of hydrogen-bond acceptors (Lipinski definition) is 4. The zero-order valence-electron chi connectivity index (χ0n) is 12.5. The Morgan fingerprint density at radius 3 is 2.73 bits per heavy atom. The molecule has 0 saturated carbocycles. The molecular weight excluding hydrogens is 282 g/mol. The van der Waals surface area contributed by atoms with Gasteiger partial charge in [0, 0.05) is 30.9 Å². The van der Waals surface area contributed by atoms with Gasteiger partial charge in [-0.1, -0.05) is 0 Å². The molecule has 1 amide bonds. The summed E-state index contributed by atoms with van der Waals surface area (Å²) in [5, 5.41) is 6.78. The van der Waals surface area contributed by atoms with Crippen LogP contribution >= 0.6 is 0 Å². The first-order chi connectivity index (χ1) is 10.7. The molecule has 1 aromatic carbocycles. The highest BCUT2D eigenvalue weighted by Crippen LogP contribution is 2.11. The van der Waals surface area contributed by atoms with Crippen molar-refractivity contribution in [3.8, 4) is 5.75 Å². The molecule has 6 heteroatoms. The zero-order valence-corrected chi connectivity index (χ0v) is 12.5. The van der Waals surface area contributed by atoms with Crippen LogP contribution in [0.2, 0.25) is 0 Å². The fourth-order valence-corrected chi connectivity index (χ4v) is 1.96. The summed E-state index contributed by atoms with van der Waals surface area (Å²) in [5.41, 5.74) is 0.443. The molecule has 0 bridgehead atoms. The highest BCUT2D eigenvalue weighted by molar-refractivity contribution is 5.94. The number of benzene rings is 1. The molecule has 1 aromatic heterocycles. The van der Waals surface area contributed by atoms with E-state index < -0.39 is 0 Å². The predicted molar refractivity (Wildman–Crippen MR) is 83.1 cm³/mol. The lowest BCUT2D eigenvalue weighted by Gasteiger charge is -2.07. The maximum absolute atomic E-state index is 12.0. The van der Waals surface area contributed by atoms with E-state index in [0.717, 1.165) is 5.75 Å². The van der Waals surface area contributed by atoms with Gasteiger partial charge < -0.3 is 10.1 Å². The largest absolute Gasteiger partial charge is 0.494 e. The summed E-state index contributed by atoms with van der Waals surface area (Å²) in [6.45, 7) is 3.46. The van der Waals surface area contributed by atoms with Crippen LogP contribution in [0.5, 0.6) is 5.75 Å². The first-order valence-electron chi connectivity index (χ1n) is 7.24. The fourth-order valence-electron chi connectivity index (χ4n) is 1.96. The zero-order chi connectivity index (χ0) is 15.8. The molecule has 6 nitrogen and oxygen atoms in total. The maximum atomic E-state index is 12.0. The lowest BCUT2D eigenvalue weighted by atomic mass is 10.2. The standard InChI is InChI=1S/C16H19N3O3/c1-2-22-14-8-6-13(7-9-14)16(21)17-10-4-12-19-15(20)5-3-11-18-19/h3,5-9,11H,2,4,10,12H2,1H3,(H,17,21). The summed E-state index contributed by atoms with van der Waals surface area (Å²) < 4.78 is 6.71. The molecule has 2 aromatic rings. The van der Waals surface area contributed by atoms with Crippen LogP contribution in [0, 0.1) is 0 Å². The molecule has 116 valence electrons. The Labute approximate surface area is 128 Å². The number of aromatic nitrogens is 2. The van der Waals surface area contributed by atoms with E-state index in [0.29, 0.717) is 31.7 Å². The minimum absolute atomic E-state index is 0.139. The minimum atomic E-state index is -0.142. The monoisotopic (exact) mass is 301 g/mol. The van der Waals surface area contributed by atoms with Gasteiger partial charge >= 0.3 is 0 Å². The van der Waals surface area contributed by atoms with Gasteiger partial charge in [0.15, 0.2) is 0 Å². The van der Waals surface area contributed by atoms with Crippen molar-refractivity contribution in [1.82, 2.24) is 15.1 Å². The molecule has 0 aliphatic heterocycles. The summed E-state index contributed by atoms with van der Waals surface area (Å²) in [6.07, 6.45) is 2.21. The summed E-state index contributed by atoms with van der Waals surface area (Å²) in [6, 6.07) is 10.1. The second-order valence-corrected chi connectivity index (χ2v) is 4.65. The maximum Gasteiger partial charge on any atom is 0.266 e. The second kappa shape index (κ2) is 7.97. The lowest BCUT2D eigenvalue weighted by Crippen LogP contribution is -2.27. The van der Waals surface area contributed by atoms with Crippen molar-refractivity contribution in [3.05, 3.63) is 58.5 Å². The topological polar surface area (TPSA) is 73.2 Å². The van der Waals surface area contributed by atoms with Gasteiger partial charge in [-0.2, -0.15) is 5.10 Å². The number of nitrogens with one attached hydrogen (secondary N) is 1. The summed E-state index contributed by atoms with van der Waals surface area (Å²) in [7, 11) is 0. The molecule has 0 aliphatic carbocycles. The Kier molecular flexibility index (Phi) is 5.71. The van der Waals surface area contributed by atoms with Gasteiger partial charge in [0.2, 0.25) is 0 Å². The third kappa shape index (κ3) is 4.44. The van der Waals surface area contributed by atoms with Crippen molar-refractivity contribution in [3.63, 3.8) is 0 Å². The van der Waals surface area contributed by atoms with Crippen molar-refractivity contribution in [1.29, 1.82) is 0 Å². The number of rotatable bonds is 7. The van der Waals surface area contributed by atoms with E-state index in [1.165, 1.54) is 10.7 Å². The molecule has 0 fully saturated rings. The lowest BCUT2D eigenvalue weighted by molar-refractivity contribution is 0.0952. The smallest absolute Gasteiger partial charge is 0.266 e. The molecule has 0 unspecified atom stereocenters. The Morgan fingerprint density at radius 2 is 2.05 bits per heavy atom. The first kappa shape index (κ1) is 15.8. The van der Waals surface area contributed by atoms with Crippen LogP contribution in [0.4, 0.5) is 0 Å². The van der Waals surface area contributed by atoms with Crippen LogP contribution in [-0.2, 0) is 6.54 Å². The average Bonchev–Trinajstić information content (AvgIpc) is 2.54. The van der Waals surface area contributed by atoms with E-state index in [4.69, 9.17) is 4.74 Å². The molecule has 0 aliphatic rings. The van der Waals surface area contributed by atoms with Gasteiger partial charge in [-0.25, -0.2) is 4.68 Å². The Balaban J connectivity index is 1.78. The van der Waals surface area contributed by atoms with Crippen LogP contribution < -0.4 is 15.6 Å². The highest BCUT2D eigenvalue weighted by Gasteiger charge is 2.05. The van der Waals surface area contributed by atoms with Crippen molar-refractivity contribution in [2.24, 2.45) is 0 Å². The number of hydrogen-bond donors (Lipinski definition) is 1. The SMILES string of the molecule is CCOc1ccc(C(=O)NCCCn2ncccc2=O)cc1. The number of aryl methyl sites for hydroxylation is 1. The van der Waals surface area contributed by atoms with Crippen LogP contribution in [0.3, 0.4) is 0 Å². The van der Waals surface area contributed by atoms with Gasteiger partial charge in [0.1, 0.15) is 5.75 Å². The van der Waals surface area contributed by atoms with Crippen LogP contribution in [0.15, 0.2) is 47.4 Å². The van der Waals surface area contributed by atoms with E-state index in [-0.39, 0.29) is 11.5 Å². The summed E-state index contributed by atoms with van der Waals surface area (Å²) in [5.74, 6) is 0.602.